The fourth-order valence-electron chi connectivity index (χ4n) is 1.84. The van der Waals surface area contributed by atoms with Crippen LogP contribution in [-0.2, 0) is 0 Å². The van der Waals surface area contributed by atoms with Crippen LogP contribution in [0, 0.1) is 0 Å². The molecule has 72 valence electrons. The quantitative estimate of drug-likeness (QED) is 0.632. The maximum Gasteiger partial charge on any atom is 0.0136 e. The normalized spacial score (nSPS) is 23.5. The van der Waals surface area contributed by atoms with Gasteiger partial charge < -0.3 is 11.1 Å². The van der Waals surface area contributed by atoms with Crippen LogP contribution >= 0.6 is 0 Å². The van der Waals surface area contributed by atoms with Crippen LogP contribution in [0.2, 0.25) is 0 Å². The first-order valence-electron chi connectivity index (χ1n) is 5.28. The van der Waals surface area contributed by atoms with Crippen molar-refractivity contribution in [1.29, 1.82) is 0 Å². The van der Waals surface area contributed by atoms with Gasteiger partial charge in [-0.05, 0) is 19.8 Å². The first-order valence-corrected chi connectivity index (χ1v) is 5.28. The van der Waals surface area contributed by atoms with Gasteiger partial charge in [-0.15, -0.1) is 0 Å². The zero-order valence-corrected chi connectivity index (χ0v) is 8.18. The van der Waals surface area contributed by atoms with Crippen LogP contribution in [0.1, 0.15) is 45.4 Å². The van der Waals surface area contributed by atoms with E-state index in [4.69, 9.17) is 5.73 Å². The van der Waals surface area contributed by atoms with Gasteiger partial charge in [0.25, 0.3) is 0 Å². The molecule has 1 aliphatic carbocycles. The van der Waals surface area contributed by atoms with Crippen LogP contribution in [0.5, 0.6) is 0 Å². The Morgan fingerprint density at radius 2 is 1.83 bits per heavy atom. The second-order valence-electron chi connectivity index (χ2n) is 4.07. The molecule has 3 N–H and O–H groups in total. The lowest BCUT2D eigenvalue weighted by molar-refractivity contribution is 0.445. The highest BCUT2D eigenvalue weighted by Gasteiger charge is 2.11. The van der Waals surface area contributed by atoms with E-state index in [0.29, 0.717) is 6.04 Å². The second-order valence-corrected chi connectivity index (χ2v) is 4.07. The molecule has 0 aromatic heterocycles. The van der Waals surface area contributed by atoms with Gasteiger partial charge in [-0.2, -0.15) is 0 Å². The van der Waals surface area contributed by atoms with Gasteiger partial charge in [-0.3, -0.25) is 0 Å². The maximum atomic E-state index is 5.69. The first kappa shape index (κ1) is 10.0. The Morgan fingerprint density at radius 1 is 1.25 bits per heavy atom. The van der Waals surface area contributed by atoms with E-state index in [0.717, 1.165) is 12.6 Å². The van der Waals surface area contributed by atoms with Gasteiger partial charge in [-0.25, -0.2) is 0 Å². The van der Waals surface area contributed by atoms with Crippen molar-refractivity contribution in [3.8, 4) is 0 Å². The highest BCUT2D eigenvalue weighted by molar-refractivity contribution is 4.72. The average Bonchev–Trinajstić information content (AvgIpc) is 2.28. The molecule has 1 rings (SSSR count). The zero-order chi connectivity index (χ0) is 8.81. The molecule has 2 nitrogen and oxygen atoms in total. The molecule has 1 fully saturated rings. The van der Waals surface area contributed by atoms with Crippen LogP contribution in [0.25, 0.3) is 0 Å². The van der Waals surface area contributed by atoms with Crippen molar-refractivity contribution in [2.75, 3.05) is 6.54 Å². The van der Waals surface area contributed by atoms with Crippen LogP contribution in [0.3, 0.4) is 0 Å². The molecule has 2 heteroatoms. The second kappa shape index (κ2) is 5.55. The van der Waals surface area contributed by atoms with Crippen LogP contribution in [0.15, 0.2) is 0 Å². The highest BCUT2D eigenvalue weighted by atomic mass is 14.9. The van der Waals surface area contributed by atoms with E-state index in [1.807, 2.05) is 0 Å². The summed E-state index contributed by atoms with van der Waals surface area (Å²) in [5, 5.41) is 3.54. The molecule has 1 saturated carbocycles. The van der Waals surface area contributed by atoms with Gasteiger partial charge in [0.2, 0.25) is 0 Å². The largest absolute Gasteiger partial charge is 0.327 e. The molecule has 0 heterocycles. The van der Waals surface area contributed by atoms with E-state index in [9.17, 15) is 0 Å². The van der Waals surface area contributed by atoms with E-state index >= 15 is 0 Å². The van der Waals surface area contributed by atoms with Gasteiger partial charge in [0.15, 0.2) is 0 Å². The van der Waals surface area contributed by atoms with Crippen molar-refractivity contribution in [3.63, 3.8) is 0 Å². The molecule has 12 heavy (non-hydrogen) atoms. The average molecular weight is 170 g/mol. The number of nitrogens with two attached hydrogens (primary N) is 1. The van der Waals surface area contributed by atoms with E-state index in [-0.39, 0.29) is 0 Å². The van der Waals surface area contributed by atoms with Gasteiger partial charge in [0, 0.05) is 18.6 Å². The Kier molecular flexibility index (Phi) is 4.62. The molecule has 0 unspecified atom stereocenters. The van der Waals surface area contributed by atoms with Gasteiger partial charge in [-0.1, -0.05) is 25.7 Å². The molecule has 1 atom stereocenters. The monoisotopic (exact) mass is 170 g/mol. The molecule has 1 aliphatic rings. The minimum Gasteiger partial charge on any atom is -0.327 e. The Labute approximate surface area is 75.9 Å². The number of nitrogens with one attached hydrogen (secondary N) is 1. The van der Waals surface area contributed by atoms with Crippen molar-refractivity contribution in [3.05, 3.63) is 0 Å². The maximum absolute atomic E-state index is 5.69. The summed E-state index contributed by atoms with van der Waals surface area (Å²) in [5.74, 6) is 0. The minimum absolute atomic E-state index is 0.299. The molecule has 0 aromatic carbocycles. The smallest absolute Gasteiger partial charge is 0.0136 e. The van der Waals surface area contributed by atoms with Crippen molar-refractivity contribution >= 4 is 0 Å². The van der Waals surface area contributed by atoms with Crippen molar-refractivity contribution in [2.45, 2.75) is 57.5 Å². The van der Waals surface area contributed by atoms with Crippen LogP contribution in [-0.4, -0.2) is 18.6 Å². The van der Waals surface area contributed by atoms with Crippen molar-refractivity contribution in [2.24, 2.45) is 5.73 Å². The summed E-state index contributed by atoms with van der Waals surface area (Å²) in [4.78, 5) is 0. The third-order valence-corrected chi connectivity index (χ3v) is 2.58. The van der Waals surface area contributed by atoms with Crippen LogP contribution < -0.4 is 11.1 Å². The van der Waals surface area contributed by atoms with E-state index in [2.05, 4.69) is 12.2 Å². The summed E-state index contributed by atoms with van der Waals surface area (Å²) in [6.07, 6.45) is 8.36. The lowest BCUT2D eigenvalue weighted by atomic mass is 10.1. The lowest BCUT2D eigenvalue weighted by Crippen LogP contribution is -2.37. The molecule has 0 aliphatic heterocycles. The standard InChI is InChI=1S/C10H22N2/c1-9(11)8-12-10-6-4-2-3-5-7-10/h9-10,12H,2-8,11H2,1H3/t9-/m1/s1. The van der Waals surface area contributed by atoms with Gasteiger partial charge in [0.1, 0.15) is 0 Å². The molecular formula is C10H22N2. The fourth-order valence-corrected chi connectivity index (χ4v) is 1.84. The first-order chi connectivity index (χ1) is 5.79. The Morgan fingerprint density at radius 3 is 2.33 bits per heavy atom. The molecule has 0 radical (unpaired) electrons. The van der Waals surface area contributed by atoms with E-state index in [1.165, 1.54) is 38.5 Å². The SMILES string of the molecule is C[C@@H](N)CNC1CCCCCC1. The topological polar surface area (TPSA) is 38.0 Å². The van der Waals surface area contributed by atoms with Crippen molar-refractivity contribution in [1.82, 2.24) is 5.32 Å². The van der Waals surface area contributed by atoms with E-state index in [1.54, 1.807) is 0 Å². The number of hydrogen-bond acceptors (Lipinski definition) is 2. The Balaban J connectivity index is 2.12. The summed E-state index contributed by atoms with van der Waals surface area (Å²) in [6.45, 7) is 3.04. The van der Waals surface area contributed by atoms with Gasteiger partial charge >= 0.3 is 0 Å². The molecular weight excluding hydrogens is 148 g/mol. The predicted octanol–water partition coefficient (Wildman–Crippen LogP) is 1.65. The predicted molar refractivity (Wildman–Crippen MR) is 53.1 cm³/mol. The summed E-state index contributed by atoms with van der Waals surface area (Å²) in [5.41, 5.74) is 5.69. The summed E-state index contributed by atoms with van der Waals surface area (Å²) >= 11 is 0. The van der Waals surface area contributed by atoms with Crippen LogP contribution in [0.4, 0.5) is 0 Å². The van der Waals surface area contributed by atoms with Crippen molar-refractivity contribution < 1.29 is 0 Å². The summed E-state index contributed by atoms with van der Waals surface area (Å²) in [7, 11) is 0. The summed E-state index contributed by atoms with van der Waals surface area (Å²) < 4.78 is 0. The molecule has 0 bridgehead atoms. The summed E-state index contributed by atoms with van der Waals surface area (Å²) in [6, 6.07) is 1.05. The molecule has 0 amide bonds. The third kappa shape index (κ3) is 4.07. The molecule has 0 aromatic rings. The highest BCUT2D eigenvalue weighted by Crippen LogP contribution is 2.16. The molecule has 0 spiro atoms. The number of rotatable bonds is 3. The Bertz CT molecular complexity index is 104. The zero-order valence-electron chi connectivity index (χ0n) is 8.18. The fraction of sp³-hybridized carbons (Fsp3) is 1.00. The lowest BCUT2D eigenvalue weighted by Gasteiger charge is -2.17. The molecule has 0 saturated heterocycles. The van der Waals surface area contributed by atoms with E-state index < -0.39 is 0 Å². The number of hydrogen-bond donors (Lipinski definition) is 2. The Hall–Kier alpha value is -0.0800. The minimum atomic E-state index is 0.299. The van der Waals surface area contributed by atoms with Gasteiger partial charge in [0.05, 0.1) is 0 Å². The third-order valence-electron chi connectivity index (χ3n) is 2.58.